The second-order valence-electron chi connectivity index (χ2n) is 5.64. The van der Waals surface area contributed by atoms with Gasteiger partial charge in [0.05, 0.1) is 5.69 Å². The van der Waals surface area contributed by atoms with Gasteiger partial charge in [-0.2, -0.15) is 5.10 Å². The lowest BCUT2D eigenvalue weighted by Gasteiger charge is -2.17. The summed E-state index contributed by atoms with van der Waals surface area (Å²) in [6, 6.07) is 5.73. The summed E-state index contributed by atoms with van der Waals surface area (Å²) in [7, 11) is -3.59. The van der Waals surface area contributed by atoms with Crippen LogP contribution in [0.2, 0.25) is 0 Å². The van der Waals surface area contributed by atoms with E-state index in [-0.39, 0.29) is 10.9 Å². The highest BCUT2D eigenvalue weighted by molar-refractivity contribution is 7.89. The summed E-state index contributed by atoms with van der Waals surface area (Å²) in [5, 5.41) is 4.20. The molecule has 1 atom stereocenters. The molecule has 0 bridgehead atoms. The van der Waals surface area contributed by atoms with Crippen molar-refractivity contribution in [3.05, 3.63) is 46.8 Å². The van der Waals surface area contributed by atoms with Gasteiger partial charge in [-0.3, -0.25) is 4.68 Å². The van der Waals surface area contributed by atoms with Crippen molar-refractivity contribution in [2.45, 2.75) is 52.1 Å². The summed E-state index contributed by atoms with van der Waals surface area (Å²) in [5.74, 6) is 0. The van der Waals surface area contributed by atoms with E-state index >= 15 is 0 Å². The number of aryl methyl sites for hydroxylation is 4. The first-order valence-corrected chi connectivity index (χ1v) is 8.86. The van der Waals surface area contributed by atoms with E-state index in [0.29, 0.717) is 12.2 Å². The van der Waals surface area contributed by atoms with Crippen LogP contribution in [0.25, 0.3) is 0 Å². The van der Waals surface area contributed by atoms with E-state index < -0.39 is 10.0 Å². The maximum Gasteiger partial charge on any atom is 0.244 e. The zero-order valence-electron chi connectivity index (χ0n) is 13.7. The zero-order valence-corrected chi connectivity index (χ0v) is 14.5. The number of rotatable bonds is 5. The SMILES string of the molecule is CCn1cc(S(=O)(=O)NC(C)c2ccc(C)cc2C)c(C)n1. The van der Waals surface area contributed by atoms with Crippen molar-refractivity contribution in [2.24, 2.45) is 0 Å². The molecule has 0 aliphatic heterocycles. The molecule has 0 saturated heterocycles. The number of nitrogens with one attached hydrogen (secondary N) is 1. The molecule has 0 aliphatic carbocycles. The highest BCUT2D eigenvalue weighted by Gasteiger charge is 2.23. The quantitative estimate of drug-likeness (QED) is 0.921. The topological polar surface area (TPSA) is 64.0 Å². The molecule has 0 amide bonds. The van der Waals surface area contributed by atoms with Crippen molar-refractivity contribution >= 4 is 10.0 Å². The normalized spacial score (nSPS) is 13.3. The maximum absolute atomic E-state index is 12.6. The molecular weight excluding hydrogens is 298 g/mol. The lowest BCUT2D eigenvalue weighted by Crippen LogP contribution is -2.27. The first-order chi connectivity index (χ1) is 10.2. The molecule has 1 N–H and O–H groups in total. The Labute approximate surface area is 132 Å². The van der Waals surface area contributed by atoms with Crippen molar-refractivity contribution in [3.63, 3.8) is 0 Å². The van der Waals surface area contributed by atoms with Crippen molar-refractivity contribution < 1.29 is 8.42 Å². The van der Waals surface area contributed by atoms with Crippen molar-refractivity contribution in [3.8, 4) is 0 Å². The lowest BCUT2D eigenvalue weighted by molar-refractivity contribution is 0.565. The zero-order chi connectivity index (χ0) is 16.5. The van der Waals surface area contributed by atoms with Crippen LogP contribution in [0.3, 0.4) is 0 Å². The number of aromatic nitrogens is 2. The minimum atomic E-state index is -3.59. The van der Waals surface area contributed by atoms with Gasteiger partial charge in [0.25, 0.3) is 0 Å². The fourth-order valence-corrected chi connectivity index (χ4v) is 4.01. The second-order valence-corrected chi connectivity index (χ2v) is 7.32. The highest BCUT2D eigenvalue weighted by atomic mass is 32.2. The van der Waals surface area contributed by atoms with Gasteiger partial charge in [-0.15, -0.1) is 0 Å². The minimum absolute atomic E-state index is 0.242. The van der Waals surface area contributed by atoms with Gasteiger partial charge in [0.15, 0.2) is 0 Å². The number of sulfonamides is 1. The van der Waals surface area contributed by atoms with Crippen LogP contribution in [0, 0.1) is 20.8 Å². The van der Waals surface area contributed by atoms with Crippen molar-refractivity contribution in [1.82, 2.24) is 14.5 Å². The smallest absolute Gasteiger partial charge is 0.244 e. The van der Waals surface area contributed by atoms with Gasteiger partial charge in [-0.25, -0.2) is 13.1 Å². The van der Waals surface area contributed by atoms with E-state index in [0.717, 1.165) is 16.7 Å². The van der Waals surface area contributed by atoms with Gasteiger partial charge < -0.3 is 0 Å². The fraction of sp³-hybridized carbons (Fsp3) is 0.438. The highest BCUT2D eigenvalue weighted by Crippen LogP contribution is 2.22. The Morgan fingerprint density at radius 3 is 2.50 bits per heavy atom. The van der Waals surface area contributed by atoms with Crippen LogP contribution in [0.5, 0.6) is 0 Å². The summed E-state index contributed by atoms with van der Waals surface area (Å²) >= 11 is 0. The molecule has 0 spiro atoms. The van der Waals surface area contributed by atoms with Crippen molar-refractivity contribution in [2.75, 3.05) is 0 Å². The Bertz CT molecular complexity index is 779. The van der Waals surface area contributed by atoms with Gasteiger partial charge in [0, 0.05) is 18.8 Å². The fourth-order valence-electron chi connectivity index (χ4n) is 2.60. The molecule has 1 aromatic carbocycles. The van der Waals surface area contributed by atoms with Crippen LogP contribution in [-0.4, -0.2) is 18.2 Å². The summed E-state index contributed by atoms with van der Waals surface area (Å²) in [5.41, 5.74) is 3.74. The van der Waals surface area contributed by atoms with Crippen LogP contribution in [0.15, 0.2) is 29.3 Å². The molecule has 0 saturated carbocycles. The average Bonchev–Trinajstić information content (AvgIpc) is 2.80. The third-order valence-corrected chi connectivity index (χ3v) is 5.38. The molecule has 6 heteroatoms. The average molecular weight is 321 g/mol. The molecule has 0 radical (unpaired) electrons. The summed E-state index contributed by atoms with van der Waals surface area (Å²) in [6.07, 6.45) is 1.58. The molecular formula is C16H23N3O2S. The molecule has 120 valence electrons. The van der Waals surface area contributed by atoms with E-state index in [2.05, 4.69) is 15.9 Å². The number of hydrogen-bond acceptors (Lipinski definition) is 3. The summed E-state index contributed by atoms with van der Waals surface area (Å²) in [6.45, 7) is 10.1. The Morgan fingerprint density at radius 1 is 1.27 bits per heavy atom. The molecule has 5 nitrogen and oxygen atoms in total. The van der Waals surface area contributed by atoms with E-state index in [1.54, 1.807) is 17.8 Å². The third kappa shape index (κ3) is 3.39. The van der Waals surface area contributed by atoms with Crippen LogP contribution < -0.4 is 4.72 Å². The van der Waals surface area contributed by atoms with Crippen LogP contribution in [0.1, 0.15) is 42.3 Å². The third-order valence-electron chi connectivity index (χ3n) is 3.74. The monoisotopic (exact) mass is 321 g/mol. The predicted molar refractivity (Wildman–Crippen MR) is 87.3 cm³/mol. The largest absolute Gasteiger partial charge is 0.271 e. The summed E-state index contributed by atoms with van der Waals surface area (Å²) in [4.78, 5) is 0.242. The molecule has 0 aliphatic rings. The Hall–Kier alpha value is -1.66. The summed E-state index contributed by atoms with van der Waals surface area (Å²) < 4.78 is 29.5. The van der Waals surface area contributed by atoms with Gasteiger partial charge in [0.2, 0.25) is 10.0 Å². The maximum atomic E-state index is 12.6. The first-order valence-electron chi connectivity index (χ1n) is 7.38. The van der Waals surface area contributed by atoms with E-state index in [1.807, 2.05) is 39.8 Å². The van der Waals surface area contributed by atoms with Crippen LogP contribution >= 0.6 is 0 Å². The molecule has 0 fully saturated rings. The molecule has 1 heterocycles. The van der Waals surface area contributed by atoms with Gasteiger partial charge in [0.1, 0.15) is 4.90 Å². The molecule has 1 aromatic heterocycles. The van der Waals surface area contributed by atoms with Gasteiger partial charge in [-0.1, -0.05) is 23.8 Å². The number of benzene rings is 1. The minimum Gasteiger partial charge on any atom is -0.271 e. The van der Waals surface area contributed by atoms with Crippen LogP contribution in [0.4, 0.5) is 0 Å². The van der Waals surface area contributed by atoms with Gasteiger partial charge in [-0.05, 0) is 45.7 Å². The Balaban J connectivity index is 2.29. The van der Waals surface area contributed by atoms with Gasteiger partial charge >= 0.3 is 0 Å². The molecule has 1 unspecified atom stereocenters. The number of hydrogen-bond donors (Lipinski definition) is 1. The molecule has 22 heavy (non-hydrogen) atoms. The van der Waals surface area contributed by atoms with E-state index in [1.165, 1.54) is 0 Å². The predicted octanol–water partition coefficient (Wildman–Crippen LogP) is 2.87. The molecule has 2 aromatic rings. The van der Waals surface area contributed by atoms with Crippen molar-refractivity contribution in [1.29, 1.82) is 0 Å². The van der Waals surface area contributed by atoms with E-state index in [4.69, 9.17) is 0 Å². The van der Waals surface area contributed by atoms with E-state index in [9.17, 15) is 8.42 Å². The standard InChI is InChI=1S/C16H23N3O2S/c1-6-19-10-16(14(5)17-19)22(20,21)18-13(4)15-8-7-11(2)9-12(15)3/h7-10,13,18H,6H2,1-5H3. The lowest BCUT2D eigenvalue weighted by atomic mass is 10.0. The number of nitrogens with zero attached hydrogens (tertiary/aromatic N) is 2. The first kappa shape index (κ1) is 16.7. The second kappa shape index (κ2) is 6.22. The molecule has 2 rings (SSSR count). The van der Waals surface area contributed by atoms with Crippen LogP contribution in [-0.2, 0) is 16.6 Å². The Morgan fingerprint density at radius 2 is 1.95 bits per heavy atom. The Kier molecular flexibility index (Phi) is 4.72.